The van der Waals surface area contributed by atoms with Crippen molar-refractivity contribution in [2.45, 2.75) is 57.9 Å². The van der Waals surface area contributed by atoms with E-state index in [1.54, 1.807) is 0 Å². The second-order valence-electron chi connectivity index (χ2n) is 5.37. The molecule has 20 heavy (non-hydrogen) atoms. The van der Waals surface area contributed by atoms with E-state index in [1.165, 1.54) is 19.3 Å². The molecule has 1 fully saturated rings. The molecule has 2 rings (SSSR count). The first-order chi connectivity index (χ1) is 9.70. The lowest BCUT2D eigenvalue weighted by Crippen LogP contribution is -2.22. The van der Waals surface area contributed by atoms with Crippen LogP contribution >= 0.6 is 0 Å². The van der Waals surface area contributed by atoms with Crippen LogP contribution in [0.25, 0.3) is 0 Å². The normalized spacial score (nSPS) is 17.4. The van der Waals surface area contributed by atoms with Gasteiger partial charge in [-0.2, -0.15) is 0 Å². The van der Waals surface area contributed by atoms with Crippen molar-refractivity contribution in [3.05, 3.63) is 17.7 Å². The van der Waals surface area contributed by atoms with Gasteiger partial charge in [-0.3, -0.25) is 0 Å². The van der Waals surface area contributed by atoms with Gasteiger partial charge in [0.2, 0.25) is 0 Å². The standard InChI is InChI=1S/C15H23F2N3/c1-2-18-14-12(16)10-13(17)15(20-14)19-11-8-6-4-3-5-7-9-11/h10-11H,2-9H2,1H3,(H2,18,19,20). The molecule has 0 amide bonds. The van der Waals surface area contributed by atoms with Crippen molar-refractivity contribution >= 4 is 11.6 Å². The molecular weight excluding hydrogens is 260 g/mol. The van der Waals surface area contributed by atoms with Gasteiger partial charge >= 0.3 is 0 Å². The first-order valence-electron chi connectivity index (χ1n) is 7.57. The van der Waals surface area contributed by atoms with Crippen molar-refractivity contribution < 1.29 is 8.78 Å². The highest BCUT2D eigenvalue weighted by molar-refractivity contribution is 5.48. The fraction of sp³-hybridized carbons (Fsp3) is 0.667. The Kier molecular flexibility index (Phi) is 5.56. The zero-order chi connectivity index (χ0) is 14.4. The Morgan fingerprint density at radius 1 is 1.05 bits per heavy atom. The third-order valence-corrected chi connectivity index (χ3v) is 3.72. The second kappa shape index (κ2) is 7.41. The van der Waals surface area contributed by atoms with Crippen LogP contribution in [-0.4, -0.2) is 17.6 Å². The summed E-state index contributed by atoms with van der Waals surface area (Å²) in [6.07, 6.45) is 8.12. The summed E-state index contributed by atoms with van der Waals surface area (Å²) in [7, 11) is 0. The Labute approximate surface area is 119 Å². The molecular formula is C15H23F2N3. The SMILES string of the molecule is CCNc1nc(NC2CCCCCCC2)c(F)cc1F. The first-order valence-corrected chi connectivity index (χ1v) is 7.57. The molecule has 0 radical (unpaired) electrons. The molecule has 3 nitrogen and oxygen atoms in total. The van der Waals surface area contributed by atoms with Gasteiger partial charge in [-0.1, -0.05) is 32.1 Å². The van der Waals surface area contributed by atoms with Crippen LogP contribution in [0.2, 0.25) is 0 Å². The number of halogens is 2. The highest BCUT2D eigenvalue weighted by atomic mass is 19.1. The van der Waals surface area contributed by atoms with Crippen LogP contribution in [0.15, 0.2) is 6.07 Å². The zero-order valence-corrected chi connectivity index (χ0v) is 12.0. The summed E-state index contributed by atoms with van der Waals surface area (Å²) in [6, 6.07) is 1.13. The number of pyridine rings is 1. The monoisotopic (exact) mass is 283 g/mol. The molecule has 1 heterocycles. The third-order valence-electron chi connectivity index (χ3n) is 3.72. The molecule has 0 atom stereocenters. The summed E-state index contributed by atoms with van der Waals surface area (Å²) in [5, 5.41) is 5.96. The molecule has 5 heteroatoms. The summed E-state index contributed by atoms with van der Waals surface area (Å²) in [6.45, 7) is 2.41. The van der Waals surface area contributed by atoms with E-state index in [0.29, 0.717) is 6.54 Å². The fourth-order valence-electron chi connectivity index (χ4n) is 2.65. The van der Waals surface area contributed by atoms with Crippen LogP contribution in [0.5, 0.6) is 0 Å². The quantitative estimate of drug-likeness (QED) is 0.864. The maximum Gasteiger partial charge on any atom is 0.168 e. The van der Waals surface area contributed by atoms with E-state index in [4.69, 9.17) is 0 Å². The predicted octanol–water partition coefficient (Wildman–Crippen LogP) is 4.32. The molecule has 0 aliphatic heterocycles. The van der Waals surface area contributed by atoms with E-state index >= 15 is 0 Å². The Hall–Kier alpha value is -1.39. The van der Waals surface area contributed by atoms with Gasteiger partial charge in [-0.25, -0.2) is 13.8 Å². The molecule has 1 aliphatic carbocycles. The Morgan fingerprint density at radius 3 is 2.30 bits per heavy atom. The number of aromatic nitrogens is 1. The summed E-state index contributed by atoms with van der Waals surface area (Å²) in [5.74, 6) is -0.992. The zero-order valence-electron chi connectivity index (χ0n) is 12.0. The van der Waals surface area contributed by atoms with Gasteiger partial charge in [-0.05, 0) is 19.8 Å². The van der Waals surface area contributed by atoms with E-state index in [-0.39, 0.29) is 17.7 Å². The average molecular weight is 283 g/mol. The van der Waals surface area contributed by atoms with Crippen molar-refractivity contribution in [1.29, 1.82) is 0 Å². The molecule has 0 unspecified atom stereocenters. The summed E-state index contributed by atoms with van der Waals surface area (Å²) < 4.78 is 27.3. The topological polar surface area (TPSA) is 37.0 Å². The van der Waals surface area contributed by atoms with Crippen molar-refractivity contribution in [1.82, 2.24) is 4.98 Å². The average Bonchev–Trinajstić information content (AvgIpc) is 2.38. The Morgan fingerprint density at radius 2 is 1.65 bits per heavy atom. The molecule has 1 saturated carbocycles. The number of hydrogen-bond donors (Lipinski definition) is 2. The Balaban J connectivity index is 2.08. The lowest BCUT2D eigenvalue weighted by molar-refractivity contribution is 0.468. The van der Waals surface area contributed by atoms with E-state index < -0.39 is 11.6 Å². The van der Waals surface area contributed by atoms with E-state index in [2.05, 4.69) is 15.6 Å². The van der Waals surface area contributed by atoms with Crippen LogP contribution in [0.3, 0.4) is 0 Å². The first kappa shape index (κ1) is 15.0. The van der Waals surface area contributed by atoms with Crippen molar-refractivity contribution in [3.63, 3.8) is 0 Å². The minimum absolute atomic E-state index is 0.113. The summed E-state index contributed by atoms with van der Waals surface area (Å²) in [5.41, 5.74) is 0. The molecule has 0 saturated heterocycles. The van der Waals surface area contributed by atoms with Crippen molar-refractivity contribution in [2.75, 3.05) is 17.2 Å². The molecule has 0 aromatic carbocycles. The van der Waals surface area contributed by atoms with Crippen LogP contribution in [-0.2, 0) is 0 Å². The van der Waals surface area contributed by atoms with E-state index in [0.717, 1.165) is 31.7 Å². The summed E-state index contributed by atoms with van der Waals surface area (Å²) >= 11 is 0. The van der Waals surface area contributed by atoms with Crippen LogP contribution in [0, 0.1) is 11.6 Å². The van der Waals surface area contributed by atoms with E-state index in [1.807, 2.05) is 6.92 Å². The molecule has 0 spiro atoms. The number of hydrogen-bond acceptors (Lipinski definition) is 3. The van der Waals surface area contributed by atoms with Crippen molar-refractivity contribution in [2.24, 2.45) is 0 Å². The number of nitrogens with zero attached hydrogens (tertiary/aromatic N) is 1. The molecule has 2 N–H and O–H groups in total. The van der Waals surface area contributed by atoms with Crippen LogP contribution in [0.4, 0.5) is 20.4 Å². The predicted molar refractivity (Wildman–Crippen MR) is 78.0 cm³/mol. The largest absolute Gasteiger partial charge is 0.368 e. The fourth-order valence-corrected chi connectivity index (χ4v) is 2.65. The third kappa shape index (κ3) is 4.05. The van der Waals surface area contributed by atoms with Gasteiger partial charge in [0.25, 0.3) is 0 Å². The lowest BCUT2D eigenvalue weighted by atomic mass is 9.97. The number of rotatable bonds is 4. The number of anilines is 2. The minimum atomic E-state index is -0.646. The van der Waals surface area contributed by atoms with Gasteiger partial charge in [-0.15, -0.1) is 0 Å². The Bertz CT molecular complexity index is 429. The van der Waals surface area contributed by atoms with Gasteiger partial charge in [0.15, 0.2) is 23.3 Å². The van der Waals surface area contributed by atoms with Gasteiger partial charge in [0, 0.05) is 18.7 Å². The van der Waals surface area contributed by atoms with Gasteiger partial charge in [0.1, 0.15) is 0 Å². The van der Waals surface area contributed by atoms with Crippen molar-refractivity contribution in [3.8, 4) is 0 Å². The molecule has 1 aliphatic rings. The molecule has 1 aromatic heterocycles. The second-order valence-corrected chi connectivity index (χ2v) is 5.37. The summed E-state index contributed by atoms with van der Waals surface area (Å²) in [4.78, 5) is 4.04. The van der Waals surface area contributed by atoms with Gasteiger partial charge in [0.05, 0.1) is 0 Å². The maximum absolute atomic E-state index is 13.8. The number of nitrogens with one attached hydrogen (secondary N) is 2. The molecule has 112 valence electrons. The van der Waals surface area contributed by atoms with Crippen LogP contribution < -0.4 is 10.6 Å². The smallest absolute Gasteiger partial charge is 0.168 e. The molecule has 1 aromatic rings. The molecule has 0 bridgehead atoms. The minimum Gasteiger partial charge on any atom is -0.368 e. The van der Waals surface area contributed by atoms with E-state index in [9.17, 15) is 8.78 Å². The highest BCUT2D eigenvalue weighted by Gasteiger charge is 2.16. The van der Waals surface area contributed by atoms with Gasteiger partial charge < -0.3 is 10.6 Å². The highest BCUT2D eigenvalue weighted by Crippen LogP contribution is 2.23. The maximum atomic E-state index is 13.8. The van der Waals surface area contributed by atoms with Crippen LogP contribution in [0.1, 0.15) is 51.9 Å². The lowest BCUT2D eigenvalue weighted by Gasteiger charge is -2.22.